The summed E-state index contributed by atoms with van der Waals surface area (Å²) < 4.78 is 39.8. The summed E-state index contributed by atoms with van der Waals surface area (Å²) in [4.78, 5) is 3.97. The van der Waals surface area contributed by atoms with Crippen molar-refractivity contribution in [2.45, 2.75) is 57.3 Å². The Balaban J connectivity index is 1.40. The van der Waals surface area contributed by atoms with Crippen molar-refractivity contribution in [1.29, 1.82) is 0 Å². The van der Waals surface area contributed by atoms with Gasteiger partial charge in [-0.2, -0.15) is 9.37 Å². The monoisotopic (exact) mass is 529 g/mol. The molecule has 0 aliphatic carbocycles. The first-order valence-corrected chi connectivity index (χ1v) is 13.1. The van der Waals surface area contributed by atoms with Gasteiger partial charge in [-0.15, -0.1) is 0 Å². The number of halogens is 1. The topological polar surface area (TPSA) is 70.0 Å². The highest BCUT2D eigenvalue weighted by Gasteiger charge is 2.57. The van der Waals surface area contributed by atoms with Crippen LogP contribution in [-0.2, 0) is 39.8 Å². The summed E-state index contributed by atoms with van der Waals surface area (Å²) in [5.74, 6) is -2.91. The van der Waals surface area contributed by atoms with Gasteiger partial charge < -0.3 is 24.1 Å². The van der Waals surface area contributed by atoms with E-state index in [9.17, 15) is 5.11 Å². The highest BCUT2D eigenvalue weighted by atomic mass is 19.1. The van der Waals surface area contributed by atoms with Gasteiger partial charge in [0.2, 0.25) is 17.6 Å². The van der Waals surface area contributed by atoms with Crippen molar-refractivity contribution in [3.63, 3.8) is 0 Å². The molecule has 7 heteroatoms. The molecule has 1 saturated heterocycles. The summed E-state index contributed by atoms with van der Waals surface area (Å²) in [7, 11) is 0. The second-order valence-electron chi connectivity index (χ2n) is 9.50. The maximum atomic E-state index is 15.5. The van der Waals surface area contributed by atoms with Crippen molar-refractivity contribution in [2.75, 3.05) is 0 Å². The number of aliphatic hydroxyl groups is 1. The Morgan fingerprint density at radius 2 is 1.31 bits per heavy atom. The third kappa shape index (κ3) is 6.34. The number of hydrogen-bond acceptors (Lipinski definition) is 6. The average molecular weight is 530 g/mol. The van der Waals surface area contributed by atoms with Gasteiger partial charge in [0.05, 0.1) is 24.9 Å². The number of benzene rings is 3. The molecule has 4 aromatic rings. The molecule has 0 amide bonds. The van der Waals surface area contributed by atoms with E-state index in [0.29, 0.717) is 13.0 Å². The molecule has 0 radical (unpaired) electrons. The first-order chi connectivity index (χ1) is 19.1. The molecule has 1 fully saturated rings. The molecule has 0 bridgehead atoms. The van der Waals surface area contributed by atoms with E-state index in [2.05, 4.69) is 4.98 Å². The van der Waals surface area contributed by atoms with Crippen LogP contribution in [0.5, 0.6) is 5.88 Å². The SMILES string of the molecule is CC[C@H]1OC(O)(c2ccc(OCc3ccccc3)nc2F)C(OCc2ccccc2)[C@H]1OCc1ccccc1. The Labute approximate surface area is 228 Å². The van der Waals surface area contributed by atoms with Gasteiger partial charge in [0.1, 0.15) is 18.8 Å². The minimum Gasteiger partial charge on any atom is -0.473 e. The van der Waals surface area contributed by atoms with Gasteiger partial charge >= 0.3 is 0 Å². The largest absolute Gasteiger partial charge is 0.473 e. The molecule has 4 atom stereocenters. The fourth-order valence-electron chi connectivity index (χ4n) is 4.74. The van der Waals surface area contributed by atoms with Crippen LogP contribution in [0.15, 0.2) is 103 Å². The maximum Gasteiger partial charge on any atom is 0.227 e. The molecular weight excluding hydrogens is 497 g/mol. The smallest absolute Gasteiger partial charge is 0.227 e. The molecule has 6 nitrogen and oxygen atoms in total. The van der Waals surface area contributed by atoms with E-state index in [1.54, 1.807) is 0 Å². The van der Waals surface area contributed by atoms with Crippen LogP contribution in [0.1, 0.15) is 35.6 Å². The normalized spacial score (nSPS) is 22.6. The first-order valence-electron chi connectivity index (χ1n) is 13.1. The predicted octanol–water partition coefficient (Wildman–Crippen LogP) is 5.92. The molecule has 2 unspecified atom stereocenters. The van der Waals surface area contributed by atoms with E-state index < -0.39 is 30.0 Å². The highest BCUT2D eigenvalue weighted by molar-refractivity contribution is 5.27. The first kappa shape index (κ1) is 27.0. The number of nitrogens with zero attached hydrogens (tertiary/aromatic N) is 1. The summed E-state index contributed by atoms with van der Waals surface area (Å²) in [5.41, 5.74) is 2.68. The second-order valence-corrected chi connectivity index (χ2v) is 9.50. The van der Waals surface area contributed by atoms with Crippen LogP contribution in [0.3, 0.4) is 0 Å². The van der Waals surface area contributed by atoms with E-state index in [-0.39, 0.29) is 24.7 Å². The lowest BCUT2D eigenvalue weighted by atomic mass is 9.97. The molecule has 0 saturated carbocycles. The number of hydrogen-bond donors (Lipinski definition) is 1. The Kier molecular flexibility index (Phi) is 8.64. The third-order valence-corrected chi connectivity index (χ3v) is 6.78. The van der Waals surface area contributed by atoms with Gasteiger partial charge in [-0.05, 0) is 29.2 Å². The van der Waals surface area contributed by atoms with E-state index >= 15 is 4.39 Å². The summed E-state index contributed by atoms with van der Waals surface area (Å²) in [5, 5.41) is 11.9. The quantitative estimate of drug-likeness (QED) is 0.243. The third-order valence-electron chi connectivity index (χ3n) is 6.78. The number of rotatable bonds is 11. The average Bonchev–Trinajstić information content (AvgIpc) is 3.26. The standard InChI is InChI=1S/C32H32FNO5/c1-2-27-29(37-21-24-14-8-4-9-15-24)30(38-22-25-16-10-5-11-17-25)32(35,39-27)26-18-19-28(34-31(26)33)36-20-23-12-6-3-7-13-23/h3-19,27,29-30,35H,2,20-22H2,1H3/t27-,29+,30?,32?/m1/s1. The van der Waals surface area contributed by atoms with Crippen LogP contribution in [0.2, 0.25) is 0 Å². The van der Waals surface area contributed by atoms with Crippen molar-refractivity contribution in [1.82, 2.24) is 4.98 Å². The van der Waals surface area contributed by atoms with Crippen molar-refractivity contribution >= 4 is 0 Å². The second kappa shape index (κ2) is 12.5. The van der Waals surface area contributed by atoms with Crippen LogP contribution in [0, 0.1) is 5.95 Å². The molecule has 39 heavy (non-hydrogen) atoms. The summed E-state index contributed by atoms with van der Waals surface area (Å²) in [6.07, 6.45) is -1.68. The van der Waals surface area contributed by atoms with Crippen molar-refractivity contribution < 1.29 is 28.4 Å². The van der Waals surface area contributed by atoms with Gasteiger partial charge in [-0.1, -0.05) is 97.9 Å². The molecule has 1 aliphatic heterocycles. The van der Waals surface area contributed by atoms with Crippen LogP contribution in [0.25, 0.3) is 0 Å². The minimum absolute atomic E-state index is 0.104. The molecule has 1 aromatic heterocycles. The van der Waals surface area contributed by atoms with Crippen molar-refractivity contribution in [3.8, 4) is 5.88 Å². The van der Waals surface area contributed by atoms with Gasteiger partial charge in [0.25, 0.3) is 0 Å². The molecular formula is C32H32FNO5. The van der Waals surface area contributed by atoms with Crippen LogP contribution >= 0.6 is 0 Å². The zero-order valence-corrected chi connectivity index (χ0v) is 21.8. The maximum absolute atomic E-state index is 15.5. The Bertz CT molecular complexity index is 1320. The summed E-state index contributed by atoms with van der Waals surface area (Å²) in [6.45, 7) is 2.65. The van der Waals surface area contributed by atoms with Gasteiger partial charge in [-0.3, -0.25) is 0 Å². The zero-order chi connectivity index (χ0) is 27.1. The Morgan fingerprint density at radius 3 is 1.85 bits per heavy atom. The molecule has 1 aliphatic rings. The number of ether oxygens (including phenoxy) is 4. The summed E-state index contributed by atoms with van der Waals surface area (Å²) in [6, 6.07) is 31.8. The minimum atomic E-state index is -2.12. The van der Waals surface area contributed by atoms with Crippen molar-refractivity contribution in [3.05, 3.63) is 131 Å². The zero-order valence-electron chi connectivity index (χ0n) is 21.8. The molecule has 0 spiro atoms. The lowest BCUT2D eigenvalue weighted by Gasteiger charge is -2.31. The van der Waals surface area contributed by atoms with Gasteiger partial charge in [0.15, 0.2) is 0 Å². The molecule has 3 aromatic carbocycles. The molecule has 2 heterocycles. The van der Waals surface area contributed by atoms with E-state index in [4.69, 9.17) is 18.9 Å². The predicted molar refractivity (Wildman–Crippen MR) is 144 cm³/mol. The fourth-order valence-corrected chi connectivity index (χ4v) is 4.74. The number of aromatic nitrogens is 1. The fraction of sp³-hybridized carbons (Fsp3) is 0.281. The molecule has 5 rings (SSSR count). The Hall–Kier alpha value is -3.62. The van der Waals surface area contributed by atoms with Crippen molar-refractivity contribution in [2.24, 2.45) is 0 Å². The summed E-state index contributed by atoms with van der Waals surface area (Å²) >= 11 is 0. The van der Waals surface area contributed by atoms with Gasteiger partial charge in [-0.25, -0.2) is 0 Å². The number of pyridine rings is 1. The molecule has 202 valence electrons. The van der Waals surface area contributed by atoms with E-state index in [1.807, 2.05) is 97.9 Å². The van der Waals surface area contributed by atoms with Crippen LogP contribution < -0.4 is 4.74 Å². The lowest BCUT2D eigenvalue weighted by molar-refractivity contribution is -0.251. The van der Waals surface area contributed by atoms with Gasteiger partial charge in [0, 0.05) is 6.07 Å². The van der Waals surface area contributed by atoms with Crippen LogP contribution in [0.4, 0.5) is 4.39 Å². The Morgan fingerprint density at radius 1 is 0.769 bits per heavy atom. The highest BCUT2D eigenvalue weighted by Crippen LogP contribution is 2.43. The lowest BCUT2D eigenvalue weighted by Crippen LogP contribution is -2.44. The van der Waals surface area contributed by atoms with Crippen LogP contribution in [-0.4, -0.2) is 28.4 Å². The van der Waals surface area contributed by atoms with E-state index in [1.165, 1.54) is 12.1 Å². The molecule has 1 N–H and O–H groups in total. The van der Waals surface area contributed by atoms with E-state index in [0.717, 1.165) is 16.7 Å².